The minimum atomic E-state index is -2.98. The molecule has 0 aliphatic rings. The molecule has 0 spiro atoms. The minimum Gasteiger partial charge on any atom is -0.436 e. The molecule has 0 radical (unpaired) electrons. The van der Waals surface area contributed by atoms with Crippen LogP contribution in [0.4, 0.5) is 13.2 Å². The van der Waals surface area contributed by atoms with Crippen molar-refractivity contribution in [3.8, 4) is 11.6 Å². The maximum Gasteiger partial charge on any atom is 0.270 e. The molecule has 2 aromatic rings. The largest absolute Gasteiger partial charge is 0.436 e. The van der Waals surface area contributed by atoms with Gasteiger partial charge in [-0.05, 0) is 30.3 Å². The van der Waals surface area contributed by atoms with Crippen molar-refractivity contribution in [2.75, 3.05) is 6.61 Å². The summed E-state index contributed by atoms with van der Waals surface area (Å²) in [4.78, 5) is 14.8. The molecule has 0 fully saturated rings. The first kappa shape index (κ1) is 16.0. The van der Waals surface area contributed by atoms with Crippen LogP contribution in [0.2, 0.25) is 0 Å². The molecule has 0 bridgehead atoms. The summed E-state index contributed by atoms with van der Waals surface area (Å²) in [6, 6.07) is 5.74. The maximum absolute atomic E-state index is 13.8. The summed E-state index contributed by atoms with van der Waals surface area (Å²) in [5.74, 6) is -4.82. The van der Waals surface area contributed by atoms with Crippen molar-refractivity contribution < 1.29 is 27.8 Å². The number of carbonyl (C=O) groups excluding carboxylic acids is 1. The number of benzene rings is 1. The van der Waals surface area contributed by atoms with E-state index in [-0.39, 0.29) is 16.9 Å². The summed E-state index contributed by atoms with van der Waals surface area (Å²) in [6.07, 6.45) is 1.06. The van der Waals surface area contributed by atoms with Crippen LogP contribution in [0, 0.1) is 5.82 Å². The van der Waals surface area contributed by atoms with Gasteiger partial charge in [0.2, 0.25) is 0 Å². The molecular weight excluding hydrogens is 299 g/mol. The highest BCUT2D eigenvalue weighted by atomic mass is 19.3. The lowest BCUT2D eigenvalue weighted by Gasteiger charge is -2.11. The van der Waals surface area contributed by atoms with Crippen molar-refractivity contribution in [1.82, 2.24) is 4.98 Å². The molecule has 1 aromatic heterocycles. The van der Waals surface area contributed by atoms with Crippen LogP contribution in [0.5, 0.6) is 11.6 Å². The fourth-order valence-electron chi connectivity index (χ4n) is 1.67. The number of aliphatic hydroxyl groups is 1. The van der Waals surface area contributed by atoms with Gasteiger partial charge in [-0.25, -0.2) is 18.2 Å². The van der Waals surface area contributed by atoms with E-state index in [1.807, 2.05) is 0 Å². The molecule has 1 heterocycles. The summed E-state index contributed by atoms with van der Waals surface area (Å²) < 4.78 is 45.0. The summed E-state index contributed by atoms with van der Waals surface area (Å²) in [6.45, 7) is 0.00893. The lowest BCUT2D eigenvalue weighted by Crippen LogP contribution is -2.07. The van der Waals surface area contributed by atoms with Gasteiger partial charge in [-0.2, -0.15) is 0 Å². The lowest BCUT2D eigenvalue weighted by atomic mass is 10.1. The van der Waals surface area contributed by atoms with Crippen LogP contribution in [0.25, 0.3) is 0 Å². The smallest absolute Gasteiger partial charge is 0.270 e. The second-order valence-electron chi connectivity index (χ2n) is 4.61. The number of halogens is 3. The Hall–Kier alpha value is -2.41. The predicted octanol–water partition coefficient (Wildman–Crippen LogP) is 3.30. The number of nitrogens with zero attached hydrogens (tertiary/aromatic N) is 1. The third-order valence-corrected chi connectivity index (χ3v) is 2.85. The van der Waals surface area contributed by atoms with Gasteiger partial charge in [-0.3, -0.25) is 4.79 Å². The van der Waals surface area contributed by atoms with Crippen molar-refractivity contribution >= 4 is 5.78 Å². The standard InChI is InChI=1S/C15H12F3NO3/c1-15(17,18)10-2-4-11(5-3-10)22-14-12(16)6-9(7-19-14)13(21)8-20/h2-7,20H,8H2,1H3. The van der Waals surface area contributed by atoms with Gasteiger partial charge in [0.15, 0.2) is 11.6 Å². The van der Waals surface area contributed by atoms with Gasteiger partial charge in [0.05, 0.1) is 0 Å². The molecule has 0 aliphatic heterocycles. The topological polar surface area (TPSA) is 59.4 Å². The molecule has 22 heavy (non-hydrogen) atoms. The van der Waals surface area contributed by atoms with Crippen LogP contribution in [0.3, 0.4) is 0 Å². The Morgan fingerprint density at radius 1 is 1.32 bits per heavy atom. The highest BCUT2D eigenvalue weighted by molar-refractivity contribution is 5.96. The summed E-state index contributed by atoms with van der Waals surface area (Å²) in [5.41, 5.74) is -0.287. The second-order valence-corrected chi connectivity index (χ2v) is 4.61. The van der Waals surface area contributed by atoms with Crippen molar-refractivity contribution in [2.45, 2.75) is 12.8 Å². The SMILES string of the molecule is CC(F)(F)c1ccc(Oc2ncc(C(=O)CO)cc2F)cc1. The van der Waals surface area contributed by atoms with Gasteiger partial charge >= 0.3 is 0 Å². The van der Waals surface area contributed by atoms with E-state index in [2.05, 4.69) is 4.98 Å². The molecule has 0 amide bonds. The van der Waals surface area contributed by atoms with E-state index in [1.165, 1.54) is 12.1 Å². The Balaban J connectivity index is 2.19. The Morgan fingerprint density at radius 2 is 1.95 bits per heavy atom. The van der Waals surface area contributed by atoms with E-state index >= 15 is 0 Å². The van der Waals surface area contributed by atoms with E-state index in [0.717, 1.165) is 31.3 Å². The number of alkyl halides is 2. The van der Waals surface area contributed by atoms with Crippen LogP contribution in [-0.2, 0) is 5.92 Å². The first-order chi connectivity index (χ1) is 10.3. The molecule has 116 valence electrons. The zero-order valence-electron chi connectivity index (χ0n) is 11.5. The summed E-state index contributed by atoms with van der Waals surface area (Å²) in [5, 5.41) is 8.68. The fourth-order valence-corrected chi connectivity index (χ4v) is 1.67. The zero-order valence-corrected chi connectivity index (χ0v) is 11.5. The van der Waals surface area contributed by atoms with E-state index in [4.69, 9.17) is 9.84 Å². The summed E-state index contributed by atoms with van der Waals surface area (Å²) in [7, 11) is 0. The second kappa shape index (κ2) is 6.15. The predicted molar refractivity (Wildman–Crippen MR) is 71.7 cm³/mol. The number of Topliss-reactive ketones (excluding diaryl/α,β-unsaturated/α-hetero) is 1. The fraction of sp³-hybridized carbons (Fsp3) is 0.200. The first-order valence-corrected chi connectivity index (χ1v) is 6.27. The van der Waals surface area contributed by atoms with Gasteiger partial charge in [-0.15, -0.1) is 0 Å². The Morgan fingerprint density at radius 3 is 2.45 bits per heavy atom. The van der Waals surface area contributed by atoms with Gasteiger partial charge in [0.1, 0.15) is 12.4 Å². The molecule has 1 N–H and O–H groups in total. The van der Waals surface area contributed by atoms with Crippen LogP contribution in [0.15, 0.2) is 36.5 Å². The number of aliphatic hydroxyl groups excluding tert-OH is 1. The molecular formula is C15H12F3NO3. The van der Waals surface area contributed by atoms with E-state index in [9.17, 15) is 18.0 Å². The average Bonchev–Trinajstić information content (AvgIpc) is 2.48. The Bertz CT molecular complexity index is 681. The maximum atomic E-state index is 13.8. The quantitative estimate of drug-likeness (QED) is 0.861. The number of hydrogen-bond acceptors (Lipinski definition) is 4. The Kier molecular flexibility index (Phi) is 4.46. The lowest BCUT2D eigenvalue weighted by molar-refractivity contribution is 0.0174. The third-order valence-electron chi connectivity index (χ3n) is 2.85. The molecule has 0 saturated carbocycles. The molecule has 1 aromatic carbocycles. The average molecular weight is 311 g/mol. The number of pyridine rings is 1. The molecule has 2 rings (SSSR count). The van der Waals surface area contributed by atoms with Crippen molar-refractivity contribution in [3.63, 3.8) is 0 Å². The molecule has 0 atom stereocenters. The highest BCUT2D eigenvalue weighted by Gasteiger charge is 2.23. The number of hydrogen-bond donors (Lipinski definition) is 1. The van der Waals surface area contributed by atoms with E-state index < -0.39 is 30.0 Å². The van der Waals surface area contributed by atoms with Gasteiger partial charge < -0.3 is 9.84 Å². The van der Waals surface area contributed by atoms with Crippen molar-refractivity contribution in [1.29, 1.82) is 0 Å². The number of ketones is 1. The normalized spacial score (nSPS) is 11.3. The molecule has 0 aliphatic carbocycles. The molecule has 7 heteroatoms. The van der Waals surface area contributed by atoms with Crippen LogP contribution in [-0.4, -0.2) is 22.5 Å². The highest BCUT2D eigenvalue weighted by Crippen LogP contribution is 2.29. The Labute approximate surface area is 124 Å². The van der Waals surface area contributed by atoms with Gasteiger partial charge in [-0.1, -0.05) is 0 Å². The summed E-state index contributed by atoms with van der Waals surface area (Å²) >= 11 is 0. The van der Waals surface area contributed by atoms with E-state index in [1.54, 1.807) is 0 Å². The minimum absolute atomic E-state index is 0.0895. The van der Waals surface area contributed by atoms with Crippen molar-refractivity contribution in [3.05, 3.63) is 53.5 Å². The zero-order chi connectivity index (χ0) is 16.3. The van der Waals surface area contributed by atoms with E-state index in [0.29, 0.717) is 0 Å². The number of aromatic nitrogens is 1. The monoisotopic (exact) mass is 311 g/mol. The number of carbonyl (C=O) groups is 1. The van der Waals surface area contributed by atoms with Crippen LogP contribution in [0.1, 0.15) is 22.8 Å². The number of ether oxygens (including phenoxy) is 1. The molecule has 4 nitrogen and oxygen atoms in total. The first-order valence-electron chi connectivity index (χ1n) is 6.27. The number of rotatable bonds is 5. The van der Waals surface area contributed by atoms with Gasteiger partial charge in [0, 0.05) is 24.2 Å². The third kappa shape index (κ3) is 3.62. The molecule has 0 unspecified atom stereocenters. The van der Waals surface area contributed by atoms with Crippen LogP contribution >= 0.6 is 0 Å². The van der Waals surface area contributed by atoms with Crippen LogP contribution < -0.4 is 4.74 Å². The van der Waals surface area contributed by atoms with Gasteiger partial charge in [0.25, 0.3) is 11.8 Å². The van der Waals surface area contributed by atoms with Crippen molar-refractivity contribution in [2.24, 2.45) is 0 Å². The molecule has 0 saturated heterocycles.